The Labute approximate surface area is 238 Å². The summed E-state index contributed by atoms with van der Waals surface area (Å²) in [5.74, 6) is -1.85. The maximum absolute atomic E-state index is 14.5. The number of likely N-dealkylation sites (tertiary alicyclic amines) is 1. The number of carbonyl (C=O) groups excluding carboxylic acids is 3. The van der Waals surface area contributed by atoms with Gasteiger partial charge in [-0.05, 0) is 50.7 Å². The van der Waals surface area contributed by atoms with Crippen LogP contribution in [0.15, 0.2) is 49.6 Å². The van der Waals surface area contributed by atoms with Crippen molar-refractivity contribution < 1.29 is 24.2 Å². The number of para-hydroxylation sites is 1. The number of amides is 2. The number of hydrogen-bond donors (Lipinski definition) is 1. The fraction of sp³-hybridized carbons (Fsp3) is 0.552. The van der Waals surface area contributed by atoms with Gasteiger partial charge in [0.1, 0.15) is 18.2 Å². The van der Waals surface area contributed by atoms with Crippen molar-refractivity contribution in [1.29, 1.82) is 0 Å². The second-order valence-corrected chi connectivity index (χ2v) is 12.3. The highest BCUT2D eigenvalue weighted by Gasteiger charge is 2.74. The molecule has 2 amide bonds. The number of unbranched alkanes of at least 4 members (excludes halogenated alkanes) is 2. The monoisotopic (exact) mass is 567 g/mol. The van der Waals surface area contributed by atoms with Crippen molar-refractivity contribution in [3.63, 3.8) is 0 Å². The Morgan fingerprint density at radius 2 is 2.05 bits per heavy atom. The van der Waals surface area contributed by atoms with Gasteiger partial charge in [0.15, 0.2) is 0 Å². The van der Waals surface area contributed by atoms with Crippen LogP contribution >= 0.6 is 11.8 Å². The molecule has 1 spiro atoms. The first-order valence-electron chi connectivity index (χ1n) is 14.0. The number of benzene rings is 1. The van der Waals surface area contributed by atoms with Crippen LogP contribution in [-0.2, 0) is 25.8 Å². The molecule has 2 bridgehead atoms. The van der Waals surface area contributed by atoms with Gasteiger partial charge in [0.05, 0.1) is 28.7 Å². The summed E-state index contributed by atoms with van der Waals surface area (Å²) in [5.41, 5.74) is 1.54. The lowest BCUT2D eigenvalue weighted by molar-refractivity contribution is -0.154. The fourth-order valence-corrected chi connectivity index (χ4v) is 8.78. The lowest BCUT2D eigenvalue weighted by Gasteiger charge is -2.37. The molecule has 5 atom stereocenters. The van der Waals surface area contributed by atoms with Crippen LogP contribution in [0.2, 0.25) is 0 Å². The zero-order valence-electron chi connectivity index (χ0n) is 22.7. The number of ether oxygens (including phenoxy) is 1. The minimum atomic E-state index is -0.713. The predicted octanol–water partition coefficient (Wildman–Crippen LogP) is 2.78. The molecule has 0 radical (unpaired) electrons. The van der Waals surface area contributed by atoms with Crippen molar-refractivity contribution in [1.82, 2.24) is 24.8 Å². The SMILES string of the molecule is C=CCCOC(=O)[C@@H]1[C@H]2C(=O)N(CCCCCO)C(C(=O)N(CC=C)Cn3nnc4ccccc43)C23CC[C@H]1S3. The number of thioether (sulfide) groups is 1. The Hall–Kier alpha value is -3.18. The molecule has 11 heteroatoms. The van der Waals surface area contributed by atoms with Crippen molar-refractivity contribution in [2.45, 2.75) is 61.2 Å². The van der Waals surface area contributed by atoms with Crippen molar-refractivity contribution in [2.75, 3.05) is 26.3 Å². The molecule has 0 aliphatic carbocycles. The van der Waals surface area contributed by atoms with Gasteiger partial charge in [-0.25, -0.2) is 4.68 Å². The van der Waals surface area contributed by atoms with Gasteiger partial charge < -0.3 is 19.6 Å². The van der Waals surface area contributed by atoms with Gasteiger partial charge in [-0.15, -0.1) is 30.0 Å². The summed E-state index contributed by atoms with van der Waals surface area (Å²) in [6.07, 6.45) is 7.39. The number of nitrogens with zero attached hydrogens (tertiary/aromatic N) is 5. The van der Waals surface area contributed by atoms with Gasteiger partial charge in [-0.2, -0.15) is 0 Å². The Balaban J connectivity index is 1.46. The Kier molecular flexibility index (Phi) is 8.60. The highest BCUT2D eigenvalue weighted by molar-refractivity contribution is 8.02. The van der Waals surface area contributed by atoms with E-state index < -0.39 is 22.6 Å². The molecule has 214 valence electrons. The summed E-state index contributed by atoms with van der Waals surface area (Å²) < 4.78 is 6.56. The minimum absolute atomic E-state index is 0.0517. The van der Waals surface area contributed by atoms with E-state index in [2.05, 4.69) is 23.5 Å². The van der Waals surface area contributed by atoms with Crippen LogP contribution in [-0.4, -0.2) is 90.0 Å². The number of aliphatic hydroxyl groups excluding tert-OH is 1. The van der Waals surface area contributed by atoms with Crippen LogP contribution < -0.4 is 0 Å². The molecule has 40 heavy (non-hydrogen) atoms. The smallest absolute Gasteiger partial charge is 0.310 e. The predicted molar refractivity (Wildman–Crippen MR) is 152 cm³/mol. The van der Waals surface area contributed by atoms with E-state index in [4.69, 9.17) is 4.74 Å². The van der Waals surface area contributed by atoms with E-state index in [1.165, 1.54) is 0 Å². The second kappa shape index (κ2) is 12.1. The number of aliphatic hydroxyl groups is 1. The number of fused-ring (bicyclic) bond motifs is 2. The Bertz CT molecular complexity index is 1280. The van der Waals surface area contributed by atoms with Gasteiger partial charge in [-0.3, -0.25) is 14.4 Å². The van der Waals surface area contributed by atoms with Crippen LogP contribution in [0.4, 0.5) is 0 Å². The zero-order chi connectivity index (χ0) is 28.3. The quantitative estimate of drug-likeness (QED) is 0.210. The molecule has 1 aromatic carbocycles. The number of carbonyl (C=O) groups is 3. The molecule has 5 rings (SSSR count). The third-order valence-corrected chi connectivity index (χ3v) is 10.3. The standard InChI is InChI=1S/C29H37N5O5S/c1-3-5-18-39-28(38)23-22-13-14-29(40-22)24(23)26(36)33(16-9-6-10-17-35)25(29)27(37)32(15-4-2)19-34-21-12-8-7-11-20(21)30-31-34/h3-4,7-8,11-12,22-25,35H,1-2,5-6,9-10,13-19H2/t22-,23+,24+,25?,29?/m1/s1. The molecule has 0 saturated carbocycles. The van der Waals surface area contributed by atoms with E-state index in [0.29, 0.717) is 32.2 Å². The van der Waals surface area contributed by atoms with Gasteiger partial charge in [0, 0.05) is 24.9 Å². The summed E-state index contributed by atoms with van der Waals surface area (Å²) in [6.45, 7) is 8.70. The highest BCUT2D eigenvalue weighted by atomic mass is 32.2. The number of hydrogen-bond acceptors (Lipinski definition) is 8. The third-order valence-electron chi connectivity index (χ3n) is 8.32. The topological polar surface area (TPSA) is 118 Å². The van der Waals surface area contributed by atoms with Gasteiger partial charge in [0.25, 0.3) is 0 Å². The first-order chi connectivity index (χ1) is 19.5. The maximum Gasteiger partial charge on any atom is 0.310 e. The molecular formula is C29H37N5O5S. The normalized spacial score (nSPS) is 26.7. The lowest BCUT2D eigenvalue weighted by Crippen LogP contribution is -2.55. The molecule has 3 aliphatic heterocycles. The van der Waals surface area contributed by atoms with Crippen LogP contribution in [0, 0.1) is 11.8 Å². The van der Waals surface area contributed by atoms with E-state index in [9.17, 15) is 19.5 Å². The second-order valence-electron chi connectivity index (χ2n) is 10.7. The van der Waals surface area contributed by atoms with Crippen molar-refractivity contribution in [2.24, 2.45) is 11.8 Å². The molecule has 4 heterocycles. The average Bonchev–Trinajstić information content (AvgIpc) is 3.70. The van der Waals surface area contributed by atoms with E-state index in [0.717, 1.165) is 23.9 Å². The summed E-state index contributed by atoms with van der Waals surface area (Å²) >= 11 is 1.63. The first kappa shape index (κ1) is 28.4. The zero-order valence-corrected chi connectivity index (χ0v) is 23.5. The molecule has 10 nitrogen and oxygen atoms in total. The molecule has 3 saturated heterocycles. The van der Waals surface area contributed by atoms with Gasteiger partial charge >= 0.3 is 5.97 Å². The molecular weight excluding hydrogens is 530 g/mol. The van der Waals surface area contributed by atoms with Crippen LogP contribution in [0.5, 0.6) is 0 Å². The van der Waals surface area contributed by atoms with Crippen LogP contribution in [0.1, 0.15) is 38.5 Å². The summed E-state index contributed by atoms with van der Waals surface area (Å²) in [4.78, 5) is 45.2. The van der Waals surface area contributed by atoms with Gasteiger partial charge in [-0.1, -0.05) is 29.5 Å². The number of rotatable bonds is 14. The van der Waals surface area contributed by atoms with Crippen LogP contribution in [0.3, 0.4) is 0 Å². The van der Waals surface area contributed by atoms with Crippen LogP contribution in [0.25, 0.3) is 11.0 Å². The Morgan fingerprint density at radius 3 is 2.83 bits per heavy atom. The summed E-state index contributed by atoms with van der Waals surface area (Å²) in [5, 5.41) is 17.7. The van der Waals surface area contributed by atoms with Gasteiger partial charge in [0.2, 0.25) is 11.8 Å². The number of esters is 1. The highest BCUT2D eigenvalue weighted by Crippen LogP contribution is 2.66. The molecule has 2 unspecified atom stereocenters. The lowest BCUT2D eigenvalue weighted by atomic mass is 9.71. The molecule has 1 N–H and O–H groups in total. The van der Waals surface area contributed by atoms with Crippen molar-refractivity contribution in [3.05, 3.63) is 49.6 Å². The maximum atomic E-state index is 14.5. The molecule has 1 aromatic heterocycles. The van der Waals surface area contributed by atoms with Crippen molar-refractivity contribution in [3.8, 4) is 0 Å². The van der Waals surface area contributed by atoms with E-state index >= 15 is 0 Å². The first-order valence-corrected chi connectivity index (χ1v) is 14.9. The fourth-order valence-electron chi connectivity index (χ4n) is 6.58. The Morgan fingerprint density at radius 1 is 1.23 bits per heavy atom. The molecule has 2 aromatic rings. The summed E-state index contributed by atoms with van der Waals surface area (Å²) in [6, 6.07) is 6.85. The van der Waals surface area contributed by atoms with E-state index in [-0.39, 0.29) is 49.5 Å². The third kappa shape index (κ3) is 4.94. The number of aromatic nitrogens is 3. The molecule has 3 aliphatic rings. The van der Waals surface area contributed by atoms with E-state index in [1.54, 1.807) is 38.4 Å². The summed E-state index contributed by atoms with van der Waals surface area (Å²) in [7, 11) is 0. The van der Waals surface area contributed by atoms with Crippen molar-refractivity contribution >= 4 is 40.6 Å². The average molecular weight is 568 g/mol. The van der Waals surface area contributed by atoms with E-state index in [1.807, 2.05) is 24.3 Å². The minimum Gasteiger partial charge on any atom is -0.465 e. The molecule has 3 fully saturated rings. The largest absolute Gasteiger partial charge is 0.465 e.